The summed E-state index contributed by atoms with van der Waals surface area (Å²) in [6.07, 6.45) is 2.22. The van der Waals surface area contributed by atoms with Crippen LogP contribution in [0.1, 0.15) is 22.5 Å². The minimum absolute atomic E-state index is 0.299. The molecule has 2 aromatic carbocycles. The minimum atomic E-state index is -0.870. The van der Waals surface area contributed by atoms with E-state index in [1.807, 2.05) is 48.3 Å². The van der Waals surface area contributed by atoms with Gasteiger partial charge in [-0.3, -0.25) is 9.69 Å². The molecule has 0 spiro atoms. The number of benzene rings is 2. The molecule has 34 heavy (non-hydrogen) atoms. The summed E-state index contributed by atoms with van der Waals surface area (Å²) in [5.74, 6) is 0.961. The lowest BCUT2D eigenvalue weighted by Gasteiger charge is -2.32. The largest absolute Gasteiger partial charge is 0.496 e. The van der Waals surface area contributed by atoms with E-state index in [0.29, 0.717) is 29.4 Å². The fourth-order valence-electron chi connectivity index (χ4n) is 4.50. The van der Waals surface area contributed by atoms with E-state index < -0.39 is 18.2 Å². The van der Waals surface area contributed by atoms with E-state index in [-0.39, 0.29) is 11.9 Å². The molecular formula is C25H29ClN4O4. The van der Waals surface area contributed by atoms with Crippen molar-refractivity contribution >= 4 is 17.5 Å². The Morgan fingerprint density at radius 1 is 1.24 bits per heavy atom. The molecule has 1 aliphatic carbocycles. The maximum atomic E-state index is 12.9. The van der Waals surface area contributed by atoms with Gasteiger partial charge in [-0.2, -0.15) is 0 Å². The van der Waals surface area contributed by atoms with E-state index in [4.69, 9.17) is 21.1 Å². The van der Waals surface area contributed by atoms with Gasteiger partial charge < -0.3 is 24.5 Å². The van der Waals surface area contributed by atoms with Crippen LogP contribution in [0.5, 0.6) is 11.5 Å². The summed E-state index contributed by atoms with van der Waals surface area (Å²) in [7, 11) is 5.35. The van der Waals surface area contributed by atoms with Crippen LogP contribution in [0.25, 0.3) is 0 Å². The predicted octanol–water partition coefficient (Wildman–Crippen LogP) is 2.89. The average Bonchev–Trinajstić information content (AvgIpc) is 3.39. The second kappa shape index (κ2) is 10.5. The van der Waals surface area contributed by atoms with Crippen LogP contribution in [-0.4, -0.2) is 63.9 Å². The zero-order valence-electron chi connectivity index (χ0n) is 19.4. The van der Waals surface area contributed by atoms with Crippen molar-refractivity contribution in [3.63, 3.8) is 0 Å². The van der Waals surface area contributed by atoms with Crippen LogP contribution < -0.4 is 14.8 Å². The van der Waals surface area contributed by atoms with Crippen molar-refractivity contribution in [3.8, 4) is 11.5 Å². The lowest BCUT2D eigenvalue weighted by Crippen LogP contribution is -2.52. The molecule has 0 unspecified atom stereocenters. The van der Waals surface area contributed by atoms with Crippen LogP contribution in [0.3, 0.4) is 0 Å². The van der Waals surface area contributed by atoms with E-state index in [1.54, 1.807) is 43.4 Å². The molecule has 1 heterocycles. The fourth-order valence-corrected chi connectivity index (χ4v) is 4.68. The van der Waals surface area contributed by atoms with Gasteiger partial charge >= 0.3 is 0 Å². The smallest absolute Gasteiger partial charge is 0.271 e. The number of aryl methyl sites for hydroxylation is 1. The summed E-state index contributed by atoms with van der Waals surface area (Å²) < 4.78 is 13.3. The van der Waals surface area contributed by atoms with E-state index in [2.05, 4.69) is 10.3 Å². The number of hydrogen-bond acceptors (Lipinski definition) is 6. The Morgan fingerprint density at radius 3 is 2.62 bits per heavy atom. The normalized spacial score (nSPS) is 22.1. The Morgan fingerprint density at radius 2 is 1.94 bits per heavy atom. The van der Waals surface area contributed by atoms with Crippen molar-refractivity contribution < 1.29 is 19.4 Å². The van der Waals surface area contributed by atoms with E-state index in [0.717, 1.165) is 11.3 Å². The molecule has 4 rings (SSSR count). The molecule has 0 saturated heterocycles. The molecule has 8 nitrogen and oxygen atoms in total. The Hall–Kier alpha value is -3.07. The second-order valence-corrected chi connectivity index (χ2v) is 8.94. The number of rotatable bonds is 8. The van der Waals surface area contributed by atoms with Crippen LogP contribution in [0.15, 0.2) is 61.1 Å². The number of aliphatic hydroxyl groups excluding tert-OH is 1. The number of nitrogens with one attached hydrogen (secondary N) is 1. The Bertz CT molecular complexity index is 1140. The first-order valence-corrected chi connectivity index (χ1v) is 11.5. The summed E-state index contributed by atoms with van der Waals surface area (Å²) in [4.78, 5) is 19.1. The third-order valence-electron chi connectivity index (χ3n) is 6.12. The summed E-state index contributed by atoms with van der Waals surface area (Å²) in [6.45, 7) is 0.514. The maximum Gasteiger partial charge on any atom is 0.271 e. The number of imidazole rings is 1. The first-order valence-electron chi connectivity index (χ1n) is 11.1. The number of hydrogen-bond donors (Lipinski definition) is 2. The molecule has 1 aliphatic rings. The highest BCUT2D eigenvalue weighted by atomic mass is 35.5. The lowest BCUT2D eigenvalue weighted by molar-refractivity contribution is 0.0124. The van der Waals surface area contributed by atoms with Gasteiger partial charge in [0.1, 0.15) is 29.4 Å². The molecule has 0 bridgehead atoms. The number of likely N-dealkylation sites (N-methyl/N-ethyl adjacent to an activating group) is 1. The molecule has 0 aliphatic heterocycles. The summed E-state index contributed by atoms with van der Waals surface area (Å²) in [5, 5.41) is 14.8. The number of ether oxygens (including phenoxy) is 2. The minimum Gasteiger partial charge on any atom is -0.496 e. The summed E-state index contributed by atoms with van der Waals surface area (Å²) in [6, 6.07) is 14.1. The molecule has 0 radical (unpaired) electrons. The van der Waals surface area contributed by atoms with Gasteiger partial charge in [0.2, 0.25) is 0 Å². The van der Waals surface area contributed by atoms with Crippen molar-refractivity contribution in [1.82, 2.24) is 19.8 Å². The van der Waals surface area contributed by atoms with Crippen molar-refractivity contribution in [2.24, 2.45) is 7.05 Å². The number of methoxy groups -OCH3 is 1. The molecule has 9 heteroatoms. The number of carbonyl (C=O) groups is 1. The first kappa shape index (κ1) is 24.1. The number of aromatic nitrogens is 2. The zero-order chi connectivity index (χ0) is 24.2. The second-order valence-electron chi connectivity index (χ2n) is 8.53. The first-order chi connectivity index (χ1) is 16.4. The SMILES string of the molecule is COc1ccccc1CN(C)[C@@H]1[C@@H](O)[C@H](Oc2ccccc2Cl)C[C@H]1NC(=O)c1cn(C)cn1. The fraction of sp³-hybridized carbons (Fsp3) is 0.360. The summed E-state index contributed by atoms with van der Waals surface area (Å²) >= 11 is 6.28. The maximum absolute atomic E-state index is 12.9. The molecule has 1 fully saturated rings. The van der Waals surface area contributed by atoms with Gasteiger partial charge in [-0.1, -0.05) is 41.9 Å². The monoisotopic (exact) mass is 484 g/mol. The molecule has 3 aromatic rings. The van der Waals surface area contributed by atoms with E-state index >= 15 is 0 Å². The van der Waals surface area contributed by atoms with Gasteiger partial charge in [-0.05, 0) is 25.2 Å². The molecule has 1 aromatic heterocycles. The molecule has 4 atom stereocenters. The zero-order valence-corrected chi connectivity index (χ0v) is 20.1. The topological polar surface area (TPSA) is 88.9 Å². The van der Waals surface area contributed by atoms with Gasteiger partial charge in [-0.15, -0.1) is 0 Å². The number of nitrogens with zero attached hydrogens (tertiary/aromatic N) is 3. The van der Waals surface area contributed by atoms with Gasteiger partial charge in [0.25, 0.3) is 5.91 Å². The predicted molar refractivity (Wildman–Crippen MR) is 129 cm³/mol. The number of amides is 1. The average molecular weight is 485 g/mol. The van der Waals surface area contributed by atoms with E-state index in [1.165, 1.54) is 0 Å². The van der Waals surface area contributed by atoms with Crippen LogP contribution >= 0.6 is 11.6 Å². The van der Waals surface area contributed by atoms with Crippen LogP contribution in [0.4, 0.5) is 0 Å². The quantitative estimate of drug-likeness (QED) is 0.511. The van der Waals surface area contributed by atoms with E-state index in [9.17, 15) is 9.90 Å². The standard InChI is InChI=1S/C25H29ClN4O4/c1-29-14-19(27-15-29)25(32)28-18-12-22(34-21-11-7-5-9-17(21)26)24(31)23(18)30(2)13-16-8-4-6-10-20(16)33-3/h4-11,14-15,18,22-24,31H,12-13H2,1-3H3,(H,28,32)/t18-,22-,23+,24+/m1/s1. The van der Waals surface area contributed by atoms with Crippen LogP contribution in [0, 0.1) is 0 Å². The Labute approximate surface area is 204 Å². The highest BCUT2D eigenvalue weighted by Crippen LogP contribution is 2.33. The Balaban J connectivity index is 1.57. The number of para-hydroxylation sites is 2. The Kier molecular flexibility index (Phi) is 7.41. The number of aliphatic hydroxyl groups is 1. The molecule has 1 amide bonds. The van der Waals surface area contributed by atoms with Crippen LogP contribution in [-0.2, 0) is 13.6 Å². The lowest BCUT2D eigenvalue weighted by atomic mass is 10.1. The van der Waals surface area contributed by atoms with Gasteiger partial charge in [0.05, 0.1) is 30.5 Å². The molecule has 1 saturated carbocycles. The number of halogens is 1. The molecular weight excluding hydrogens is 456 g/mol. The van der Waals surface area contributed by atoms with Crippen molar-refractivity contribution in [2.45, 2.75) is 37.3 Å². The van der Waals surface area contributed by atoms with Crippen LogP contribution in [0.2, 0.25) is 5.02 Å². The van der Waals surface area contributed by atoms with Crippen molar-refractivity contribution in [1.29, 1.82) is 0 Å². The van der Waals surface area contributed by atoms with Crippen molar-refractivity contribution in [3.05, 3.63) is 77.3 Å². The summed E-state index contributed by atoms with van der Waals surface area (Å²) in [5.41, 5.74) is 1.29. The van der Waals surface area contributed by atoms with Gasteiger partial charge in [0, 0.05) is 31.8 Å². The van der Waals surface area contributed by atoms with Gasteiger partial charge in [0.15, 0.2) is 0 Å². The molecule has 180 valence electrons. The molecule has 2 N–H and O–H groups in total. The van der Waals surface area contributed by atoms with Gasteiger partial charge in [-0.25, -0.2) is 4.98 Å². The van der Waals surface area contributed by atoms with Crippen molar-refractivity contribution in [2.75, 3.05) is 14.2 Å². The third-order valence-corrected chi connectivity index (χ3v) is 6.43. The highest BCUT2D eigenvalue weighted by molar-refractivity contribution is 6.32. The highest BCUT2D eigenvalue weighted by Gasteiger charge is 2.47. The third kappa shape index (κ3) is 5.19. The number of carbonyl (C=O) groups excluding carboxylic acids is 1.